The van der Waals surface area contributed by atoms with Crippen LogP contribution in [0.15, 0.2) is 48.5 Å². The summed E-state index contributed by atoms with van der Waals surface area (Å²) in [6.45, 7) is 3.38. The lowest BCUT2D eigenvalue weighted by atomic mass is 10.1. The van der Waals surface area contributed by atoms with Crippen LogP contribution in [0.1, 0.15) is 22.8 Å². The van der Waals surface area contributed by atoms with Crippen LogP contribution in [-0.2, 0) is 24.2 Å². The molecule has 3 rings (SSSR count). The number of methoxy groups -OCH3 is 1. The maximum absolute atomic E-state index is 12.6. The third-order valence-corrected chi connectivity index (χ3v) is 4.47. The zero-order valence-corrected chi connectivity index (χ0v) is 14.7. The van der Waals surface area contributed by atoms with Crippen LogP contribution >= 0.6 is 0 Å². The van der Waals surface area contributed by atoms with E-state index in [0.29, 0.717) is 24.3 Å². The Kier molecular flexibility index (Phi) is 5.14. The molecule has 0 saturated heterocycles. The molecule has 0 spiro atoms. The van der Waals surface area contributed by atoms with Gasteiger partial charge in [0.1, 0.15) is 0 Å². The Labute approximate surface area is 147 Å². The Morgan fingerprint density at radius 2 is 1.84 bits per heavy atom. The number of hydrogen-bond donors (Lipinski definition) is 1. The summed E-state index contributed by atoms with van der Waals surface area (Å²) in [6, 6.07) is 15.3. The molecule has 0 saturated carbocycles. The molecule has 5 heteroatoms. The molecule has 0 atom stereocenters. The number of carbonyl (C=O) groups excluding carboxylic acids is 1. The van der Waals surface area contributed by atoms with E-state index >= 15 is 0 Å². The Morgan fingerprint density at radius 3 is 2.52 bits per heavy atom. The minimum atomic E-state index is 0.00629. The number of nitrogens with zero attached hydrogens (tertiary/aromatic N) is 2. The number of carbonyl (C=O) groups is 1. The van der Waals surface area contributed by atoms with E-state index in [1.807, 2.05) is 47.0 Å². The number of Topliss-reactive ketones (excluding diaryl/α,β-unsaturated/α-hetero) is 1. The fourth-order valence-electron chi connectivity index (χ4n) is 3.18. The summed E-state index contributed by atoms with van der Waals surface area (Å²) in [7, 11) is 1.66. The SMILES string of the molecule is CCc1cccc2c1n(CCOC)c(=N)n2CC(=O)c1ccccc1. The lowest BCUT2D eigenvalue weighted by Gasteiger charge is -2.06. The van der Waals surface area contributed by atoms with Gasteiger partial charge in [0.15, 0.2) is 5.78 Å². The molecule has 1 aromatic heterocycles. The van der Waals surface area contributed by atoms with Crippen molar-refractivity contribution in [2.24, 2.45) is 0 Å². The largest absolute Gasteiger partial charge is 0.383 e. The smallest absolute Gasteiger partial charge is 0.203 e. The van der Waals surface area contributed by atoms with Crippen molar-refractivity contribution in [3.8, 4) is 0 Å². The van der Waals surface area contributed by atoms with Gasteiger partial charge in [-0.15, -0.1) is 0 Å². The lowest BCUT2D eigenvalue weighted by Crippen LogP contribution is -2.28. The average molecular weight is 337 g/mol. The van der Waals surface area contributed by atoms with Crippen LogP contribution < -0.4 is 5.62 Å². The molecule has 0 bridgehead atoms. The van der Waals surface area contributed by atoms with Crippen molar-refractivity contribution in [1.29, 1.82) is 5.41 Å². The predicted octanol–water partition coefficient (Wildman–Crippen LogP) is 3.01. The summed E-state index contributed by atoms with van der Waals surface area (Å²) < 4.78 is 8.93. The highest BCUT2D eigenvalue weighted by Crippen LogP contribution is 2.19. The first-order chi connectivity index (χ1) is 12.2. The highest BCUT2D eigenvalue weighted by Gasteiger charge is 2.16. The standard InChI is InChI=1S/C20H23N3O2/c1-3-15-10-7-11-17-19(15)22(12-13-25-2)20(21)23(17)14-18(24)16-8-5-4-6-9-16/h4-11,21H,3,12-14H2,1-2H3. The molecule has 0 aliphatic heterocycles. The summed E-state index contributed by atoms with van der Waals surface area (Å²) in [6.07, 6.45) is 0.875. The minimum Gasteiger partial charge on any atom is -0.383 e. The van der Waals surface area contributed by atoms with Crippen molar-refractivity contribution in [3.05, 3.63) is 65.3 Å². The molecule has 1 heterocycles. The lowest BCUT2D eigenvalue weighted by molar-refractivity contribution is 0.0971. The zero-order chi connectivity index (χ0) is 17.8. The van der Waals surface area contributed by atoms with Crippen LogP contribution in [0.2, 0.25) is 0 Å². The second-order valence-electron chi connectivity index (χ2n) is 5.98. The van der Waals surface area contributed by atoms with Gasteiger partial charge in [0, 0.05) is 19.2 Å². The second-order valence-corrected chi connectivity index (χ2v) is 5.98. The molecule has 0 fully saturated rings. The van der Waals surface area contributed by atoms with Crippen molar-refractivity contribution < 1.29 is 9.53 Å². The second kappa shape index (κ2) is 7.49. The third kappa shape index (κ3) is 3.28. The number of imidazole rings is 1. The van der Waals surface area contributed by atoms with E-state index in [1.54, 1.807) is 11.7 Å². The van der Waals surface area contributed by atoms with Crippen LogP contribution in [0.3, 0.4) is 0 Å². The summed E-state index contributed by atoms with van der Waals surface area (Å²) in [5.74, 6) is 0.00629. The topological polar surface area (TPSA) is 60.0 Å². The first-order valence-corrected chi connectivity index (χ1v) is 8.50. The maximum atomic E-state index is 12.6. The van der Waals surface area contributed by atoms with Crippen LogP contribution in [0.4, 0.5) is 0 Å². The fourth-order valence-corrected chi connectivity index (χ4v) is 3.18. The normalized spacial score (nSPS) is 11.1. The molecule has 3 aromatic rings. The van der Waals surface area contributed by atoms with Gasteiger partial charge in [-0.25, -0.2) is 0 Å². The number of hydrogen-bond acceptors (Lipinski definition) is 3. The number of ketones is 1. The zero-order valence-electron chi connectivity index (χ0n) is 14.7. The Bertz CT molecular complexity index is 939. The molecule has 0 amide bonds. The Morgan fingerprint density at radius 1 is 1.08 bits per heavy atom. The Hall–Kier alpha value is -2.66. The molecule has 0 radical (unpaired) electrons. The van der Waals surface area contributed by atoms with E-state index < -0.39 is 0 Å². The van der Waals surface area contributed by atoms with Gasteiger partial charge in [-0.3, -0.25) is 10.2 Å². The summed E-state index contributed by atoms with van der Waals surface area (Å²) in [5, 5.41) is 8.60. The molecule has 0 unspecified atom stereocenters. The number of aryl methyl sites for hydroxylation is 1. The van der Waals surface area contributed by atoms with E-state index in [-0.39, 0.29) is 12.3 Å². The maximum Gasteiger partial charge on any atom is 0.203 e. The van der Waals surface area contributed by atoms with Gasteiger partial charge >= 0.3 is 0 Å². The predicted molar refractivity (Wildman–Crippen MR) is 97.8 cm³/mol. The van der Waals surface area contributed by atoms with Gasteiger partial charge < -0.3 is 13.9 Å². The molecular weight excluding hydrogens is 314 g/mol. The first kappa shape index (κ1) is 17.2. The van der Waals surface area contributed by atoms with E-state index in [4.69, 9.17) is 10.1 Å². The monoisotopic (exact) mass is 337 g/mol. The van der Waals surface area contributed by atoms with Gasteiger partial charge in [0.2, 0.25) is 5.62 Å². The third-order valence-electron chi connectivity index (χ3n) is 4.47. The van der Waals surface area contributed by atoms with Gasteiger partial charge in [-0.2, -0.15) is 0 Å². The van der Waals surface area contributed by atoms with E-state index in [9.17, 15) is 4.79 Å². The Balaban J connectivity index is 2.10. The van der Waals surface area contributed by atoms with Gasteiger partial charge in [0.25, 0.3) is 0 Å². The van der Waals surface area contributed by atoms with Gasteiger partial charge in [-0.05, 0) is 18.1 Å². The van der Waals surface area contributed by atoms with Crippen molar-refractivity contribution >= 4 is 16.8 Å². The number of para-hydroxylation sites is 1. The quantitative estimate of drug-likeness (QED) is 0.674. The molecule has 1 N–H and O–H groups in total. The first-order valence-electron chi connectivity index (χ1n) is 8.50. The number of benzene rings is 2. The van der Waals surface area contributed by atoms with Gasteiger partial charge in [-0.1, -0.05) is 49.4 Å². The molecule has 5 nitrogen and oxygen atoms in total. The number of ether oxygens (including phenoxy) is 1. The molecule has 25 heavy (non-hydrogen) atoms. The average Bonchev–Trinajstić information content (AvgIpc) is 2.92. The van der Waals surface area contributed by atoms with Crippen molar-refractivity contribution in [3.63, 3.8) is 0 Å². The number of rotatable bonds is 7. The van der Waals surface area contributed by atoms with Crippen LogP contribution in [0.5, 0.6) is 0 Å². The van der Waals surface area contributed by atoms with E-state index in [2.05, 4.69) is 13.0 Å². The van der Waals surface area contributed by atoms with E-state index in [0.717, 1.165) is 17.5 Å². The van der Waals surface area contributed by atoms with Crippen LogP contribution in [0, 0.1) is 5.41 Å². The van der Waals surface area contributed by atoms with Crippen molar-refractivity contribution in [2.45, 2.75) is 26.4 Å². The molecule has 0 aliphatic rings. The summed E-state index contributed by atoms with van der Waals surface area (Å²) >= 11 is 0. The minimum absolute atomic E-state index is 0.00629. The van der Waals surface area contributed by atoms with Crippen molar-refractivity contribution in [1.82, 2.24) is 9.13 Å². The summed E-state index contributed by atoms with van der Waals surface area (Å²) in [5.41, 5.74) is 4.11. The van der Waals surface area contributed by atoms with Crippen LogP contribution in [0.25, 0.3) is 11.0 Å². The van der Waals surface area contributed by atoms with Crippen LogP contribution in [-0.4, -0.2) is 28.6 Å². The van der Waals surface area contributed by atoms with Crippen molar-refractivity contribution in [2.75, 3.05) is 13.7 Å². The molecular formula is C20H23N3O2. The number of fused-ring (bicyclic) bond motifs is 1. The highest BCUT2D eigenvalue weighted by atomic mass is 16.5. The highest BCUT2D eigenvalue weighted by molar-refractivity contribution is 5.96. The van der Waals surface area contributed by atoms with Gasteiger partial charge in [0.05, 0.1) is 24.2 Å². The molecule has 0 aliphatic carbocycles. The van der Waals surface area contributed by atoms with E-state index in [1.165, 1.54) is 5.56 Å². The molecule has 130 valence electrons. The fraction of sp³-hybridized carbons (Fsp3) is 0.300. The number of aromatic nitrogens is 2. The molecule has 2 aromatic carbocycles. The summed E-state index contributed by atoms with van der Waals surface area (Å²) in [4.78, 5) is 12.6. The number of nitrogens with one attached hydrogen (secondary N) is 1.